The molecule has 0 saturated heterocycles. The molecule has 0 aromatic heterocycles. The molecule has 2 aromatic rings. The SMILES string of the molecule is CC(C)COc1cccc(Oc2ccc(CC(C)(O)C(=O)O)cc2Br)c1. The third-order valence-corrected chi connectivity index (χ3v) is 4.24. The molecule has 0 aliphatic rings. The molecule has 0 amide bonds. The quantitative estimate of drug-likeness (QED) is 0.646. The van der Waals surface area contributed by atoms with Gasteiger partial charge in [-0.2, -0.15) is 0 Å². The van der Waals surface area contributed by atoms with Crippen molar-refractivity contribution in [2.24, 2.45) is 5.92 Å². The third-order valence-electron chi connectivity index (χ3n) is 3.62. The average Bonchev–Trinajstić information content (AvgIpc) is 2.55. The fourth-order valence-corrected chi connectivity index (χ4v) is 2.73. The Morgan fingerprint density at radius 3 is 2.50 bits per heavy atom. The number of aliphatic hydroxyl groups is 1. The lowest BCUT2D eigenvalue weighted by Gasteiger charge is -2.18. The first-order chi connectivity index (χ1) is 12.2. The van der Waals surface area contributed by atoms with Crippen molar-refractivity contribution < 1.29 is 24.5 Å². The van der Waals surface area contributed by atoms with E-state index in [-0.39, 0.29) is 6.42 Å². The lowest BCUT2D eigenvalue weighted by atomic mass is 9.97. The highest BCUT2D eigenvalue weighted by atomic mass is 79.9. The lowest BCUT2D eigenvalue weighted by Crippen LogP contribution is -2.37. The van der Waals surface area contributed by atoms with Gasteiger partial charge in [0.25, 0.3) is 0 Å². The molecule has 0 aliphatic carbocycles. The van der Waals surface area contributed by atoms with Crippen molar-refractivity contribution in [2.75, 3.05) is 6.61 Å². The van der Waals surface area contributed by atoms with Crippen molar-refractivity contribution >= 4 is 21.9 Å². The summed E-state index contributed by atoms with van der Waals surface area (Å²) in [6.07, 6.45) is -0.000257. The lowest BCUT2D eigenvalue weighted by molar-refractivity contribution is -0.156. The number of carboxylic acids is 1. The monoisotopic (exact) mass is 422 g/mol. The first-order valence-corrected chi connectivity index (χ1v) is 9.11. The second-order valence-corrected chi connectivity index (χ2v) is 7.66. The summed E-state index contributed by atoms with van der Waals surface area (Å²) in [5.74, 6) is 1.14. The molecule has 0 bridgehead atoms. The minimum atomic E-state index is -1.82. The van der Waals surface area contributed by atoms with Crippen molar-refractivity contribution in [2.45, 2.75) is 32.8 Å². The Morgan fingerprint density at radius 1 is 1.19 bits per heavy atom. The van der Waals surface area contributed by atoms with Crippen LogP contribution in [-0.4, -0.2) is 28.4 Å². The summed E-state index contributed by atoms with van der Waals surface area (Å²) >= 11 is 3.43. The molecule has 6 heteroatoms. The number of carboxylic acid groups (broad SMARTS) is 1. The number of benzene rings is 2. The van der Waals surface area contributed by atoms with Crippen LogP contribution >= 0.6 is 15.9 Å². The molecule has 26 heavy (non-hydrogen) atoms. The van der Waals surface area contributed by atoms with Crippen LogP contribution in [0.5, 0.6) is 17.2 Å². The summed E-state index contributed by atoms with van der Waals surface area (Å²) in [7, 11) is 0. The largest absolute Gasteiger partial charge is 0.493 e. The van der Waals surface area contributed by atoms with E-state index >= 15 is 0 Å². The molecule has 140 valence electrons. The van der Waals surface area contributed by atoms with E-state index in [2.05, 4.69) is 29.8 Å². The van der Waals surface area contributed by atoms with Crippen molar-refractivity contribution in [3.05, 3.63) is 52.5 Å². The summed E-state index contributed by atoms with van der Waals surface area (Å²) in [4.78, 5) is 11.0. The summed E-state index contributed by atoms with van der Waals surface area (Å²) in [5, 5.41) is 18.9. The van der Waals surface area contributed by atoms with Gasteiger partial charge in [0.05, 0.1) is 11.1 Å². The molecule has 2 rings (SSSR count). The Balaban J connectivity index is 2.11. The summed E-state index contributed by atoms with van der Waals surface area (Å²) < 4.78 is 12.3. The third kappa shape index (κ3) is 5.75. The number of aliphatic carboxylic acids is 1. The number of ether oxygens (including phenoxy) is 2. The molecule has 5 nitrogen and oxygen atoms in total. The van der Waals surface area contributed by atoms with E-state index in [0.717, 1.165) is 5.75 Å². The van der Waals surface area contributed by atoms with E-state index in [9.17, 15) is 9.90 Å². The zero-order chi connectivity index (χ0) is 19.3. The Hall–Kier alpha value is -2.05. The molecule has 1 unspecified atom stereocenters. The van der Waals surface area contributed by atoms with Crippen LogP contribution in [0.4, 0.5) is 0 Å². The van der Waals surface area contributed by atoms with Crippen molar-refractivity contribution in [3.63, 3.8) is 0 Å². The Bertz CT molecular complexity index is 771. The highest BCUT2D eigenvalue weighted by molar-refractivity contribution is 9.10. The van der Waals surface area contributed by atoms with Gasteiger partial charge in [0.1, 0.15) is 17.2 Å². The van der Waals surface area contributed by atoms with E-state index in [1.165, 1.54) is 6.92 Å². The molecule has 2 aromatic carbocycles. The normalized spacial score (nSPS) is 13.3. The van der Waals surface area contributed by atoms with E-state index in [1.807, 2.05) is 24.3 Å². The molecule has 0 radical (unpaired) electrons. The minimum Gasteiger partial charge on any atom is -0.493 e. The topological polar surface area (TPSA) is 76.0 Å². The van der Waals surface area contributed by atoms with Crippen LogP contribution in [0.15, 0.2) is 46.9 Å². The van der Waals surface area contributed by atoms with Gasteiger partial charge in [0.15, 0.2) is 5.60 Å². The maximum absolute atomic E-state index is 11.0. The average molecular weight is 423 g/mol. The van der Waals surface area contributed by atoms with Crippen LogP contribution in [-0.2, 0) is 11.2 Å². The summed E-state index contributed by atoms with van der Waals surface area (Å²) in [6, 6.07) is 12.6. The molecule has 0 saturated carbocycles. The number of hydrogen-bond donors (Lipinski definition) is 2. The van der Waals surface area contributed by atoms with Crippen LogP contribution in [0.25, 0.3) is 0 Å². The van der Waals surface area contributed by atoms with Gasteiger partial charge < -0.3 is 19.7 Å². The van der Waals surface area contributed by atoms with Gasteiger partial charge >= 0.3 is 5.97 Å². The van der Waals surface area contributed by atoms with Gasteiger partial charge in [-0.05, 0) is 58.6 Å². The molecule has 2 N–H and O–H groups in total. The van der Waals surface area contributed by atoms with Crippen molar-refractivity contribution in [1.82, 2.24) is 0 Å². The van der Waals surface area contributed by atoms with Gasteiger partial charge in [-0.15, -0.1) is 0 Å². The first-order valence-electron chi connectivity index (χ1n) is 8.32. The molecule has 0 fully saturated rings. The van der Waals surface area contributed by atoms with Gasteiger partial charge in [0, 0.05) is 12.5 Å². The smallest absolute Gasteiger partial charge is 0.335 e. The molecule has 0 heterocycles. The number of carbonyl (C=O) groups is 1. The number of rotatable bonds is 8. The highest BCUT2D eigenvalue weighted by Crippen LogP contribution is 2.32. The van der Waals surface area contributed by atoms with E-state index in [1.54, 1.807) is 18.2 Å². The van der Waals surface area contributed by atoms with E-state index in [0.29, 0.717) is 34.1 Å². The maximum Gasteiger partial charge on any atom is 0.335 e. The second kappa shape index (κ2) is 8.56. The van der Waals surface area contributed by atoms with Gasteiger partial charge in [-0.3, -0.25) is 0 Å². The molecular formula is C20H23BrO5. The molecule has 0 aliphatic heterocycles. The predicted molar refractivity (Wildman–Crippen MR) is 103 cm³/mol. The molecule has 0 spiro atoms. The Morgan fingerprint density at radius 2 is 1.88 bits per heavy atom. The highest BCUT2D eigenvalue weighted by Gasteiger charge is 2.30. The number of hydrogen-bond acceptors (Lipinski definition) is 4. The zero-order valence-corrected chi connectivity index (χ0v) is 16.6. The standard InChI is InChI=1S/C20H23BrO5/c1-13(2)12-25-15-5-4-6-16(10-15)26-18-8-7-14(9-17(18)21)11-20(3,24)19(22)23/h4-10,13,24H,11-12H2,1-3H3,(H,22,23). The van der Waals surface area contributed by atoms with Crippen LogP contribution in [0.2, 0.25) is 0 Å². The van der Waals surface area contributed by atoms with E-state index in [4.69, 9.17) is 14.6 Å². The molecule has 1 atom stereocenters. The van der Waals surface area contributed by atoms with Crippen LogP contribution in [0.3, 0.4) is 0 Å². The van der Waals surface area contributed by atoms with Crippen molar-refractivity contribution in [3.8, 4) is 17.2 Å². The zero-order valence-electron chi connectivity index (χ0n) is 15.0. The second-order valence-electron chi connectivity index (χ2n) is 6.80. The fraction of sp³-hybridized carbons (Fsp3) is 0.350. The van der Waals surface area contributed by atoms with Crippen molar-refractivity contribution in [1.29, 1.82) is 0 Å². The van der Waals surface area contributed by atoms with Crippen LogP contribution in [0.1, 0.15) is 26.3 Å². The van der Waals surface area contributed by atoms with E-state index < -0.39 is 11.6 Å². The minimum absolute atomic E-state index is 0.000257. The Labute approximate surface area is 161 Å². The van der Waals surface area contributed by atoms with Gasteiger partial charge in [-0.1, -0.05) is 26.0 Å². The molecular weight excluding hydrogens is 400 g/mol. The van der Waals surface area contributed by atoms with Crippen LogP contribution in [0, 0.1) is 5.92 Å². The van der Waals surface area contributed by atoms with Gasteiger partial charge in [-0.25, -0.2) is 4.79 Å². The maximum atomic E-state index is 11.0. The van der Waals surface area contributed by atoms with Crippen LogP contribution < -0.4 is 9.47 Å². The predicted octanol–water partition coefficient (Wildman–Crippen LogP) is 4.65. The number of halogens is 1. The Kier molecular flexibility index (Phi) is 6.67. The first kappa shape index (κ1) is 20.3. The fourth-order valence-electron chi connectivity index (χ4n) is 2.23. The van der Waals surface area contributed by atoms with Gasteiger partial charge in [0.2, 0.25) is 0 Å². The summed E-state index contributed by atoms with van der Waals surface area (Å²) in [6.45, 7) is 6.07. The summed E-state index contributed by atoms with van der Waals surface area (Å²) in [5.41, 5.74) is -1.13.